The number of nitrogens with one attached hydrogen (secondary N) is 1. The van der Waals surface area contributed by atoms with Crippen molar-refractivity contribution in [2.45, 2.75) is 19.6 Å². The van der Waals surface area contributed by atoms with Crippen LogP contribution in [0.15, 0.2) is 48.7 Å². The highest BCUT2D eigenvalue weighted by Crippen LogP contribution is 2.15. The number of carbonyl (C=O) groups is 1. The van der Waals surface area contributed by atoms with Gasteiger partial charge in [0.05, 0.1) is 12.7 Å². The monoisotopic (exact) mass is 355 g/mol. The molecule has 2 heterocycles. The molecular formula is C20H22FN3O2. The molecule has 26 heavy (non-hydrogen) atoms. The fourth-order valence-corrected chi connectivity index (χ4v) is 2.76. The van der Waals surface area contributed by atoms with Gasteiger partial charge in [-0.2, -0.15) is 0 Å². The molecule has 1 aliphatic heterocycles. The van der Waals surface area contributed by atoms with Crippen LogP contribution in [0.3, 0.4) is 0 Å². The minimum Gasteiger partial charge on any atom is -0.375 e. The molecule has 1 N–H and O–H groups in total. The number of aromatic nitrogens is 1. The molecule has 1 fully saturated rings. The van der Waals surface area contributed by atoms with E-state index >= 15 is 0 Å². The van der Waals surface area contributed by atoms with Crippen LogP contribution in [-0.4, -0.2) is 36.7 Å². The second-order valence-electron chi connectivity index (χ2n) is 6.22. The van der Waals surface area contributed by atoms with Gasteiger partial charge in [0.25, 0.3) is 0 Å². The van der Waals surface area contributed by atoms with Crippen molar-refractivity contribution in [1.82, 2.24) is 10.3 Å². The summed E-state index contributed by atoms with van der Waals surface area (Å²) in [5.74, 6) is 0.280. The third kappa shape index (κ3) is 4.89. The van der Waals surface area contributed by atoms with Gasteiger partial charge in [-0.25, -0.2) is 9.37 Å². The van der Waals surface area contributed by atoms with Gasteiger partial charge in [0.1, 0.15) is 11.6 Å². The molecule has 0 spiro atoms. The van der Waals surface area contributed by atoms with Crippen molar-refractivity contribution in [3.8, 4) is 0 Å². The number of halogens is 1. The number of nitrogens with zero attached hydrogens (tertiary/aromatic N) is 2. The van der Waals surface area contributed by atoms with E-state index in [4.69, 9.17) is 4.74 Å². The molecule has 0 aliphatic carbocycles. The zero-order valence-corrected chi connectivity index (χ0v) is 14.7. The van der Waals surface area contributed by atoms with E-state index in [-0.39, 0.29) is 17.8 Å². The Bertz CT molecular complexity index is 777. The molecule has 0 radical (unpaired) electrons. The Morgan fingerprint density at radius 2 is 2.23 bits per heavy atom. The predicted octanol–water partition coefficient (Wildman–Crippen LogP) is 2.78. The second-order valence-corrected chi connectivity index (χ2v) is 6.22. The quantitative estimate of drug-likeness (QED) is 0.838. The number of benzene rings is 1. The molecule has 1 aliphatic rings. The van der Waals surface area contributed by atoms with Crippen LogP contribution in [-0.2, 0) is 16.1 Å². The zero-order valence-electron chi connectivity index (χ0n) is 14.7. The lowest BCUT2D eigenvalue weighted by molar-refractivity contribution is -0.116. The highest BCUT2D eigenvalue weighted by atomic mass is 19.1. The first-order chi connectivity index (χ1) is 12.6. The zero-order chi connectivity index (χ0) is 18.4. The topological polar surface area (TPSA) is 54.5 Å². The third-order valence-corrected chi connectivity index (χ3v) is 4.16. The van der Waals surface area contributed by atoms with Gasteiger partial charge in [-0.1, -0.05) is 24.3 Å². The Labute approximate surface area is 152 Å². The molecule has 1 saturated heterocycles. The van der Waals surface area contributed by atoms with Crippen molar-refractivity contribution in [2.75, 3.05) is 24.6 Å². The summed E-state index contributed by atoms with van der Waals surface area (Å²) in [6, 6.07) is 10.2. The summed E-state index contributed by atoms with van der Waals surface area (Å²) in [5, 5.41) is 2.77. The van der Waals surface area contributed by atoms with Gasteiger partial charge < -0.3 is 15.0 Å². The maximum Gasteiger partial charge on any atom is 0.244 e. The Morgan fingerprint density at radius 3 is 2.96 bits per heavy atom. The van der Waals surface area contributed by atoms with Gasteiger partial charge in [0, 0.05) is 37.5 Å². The summed E-state index contributed by atoms with van der Waals surface area (Å²) in [6.07, 6.45) is 4.75. The van der Waals surface area contributed by atoms with E-state index in [2.05, 4.69) is 15.2 Å². The lowest BCUT2D eigenvalue weighted by Crippen LogP contribution is -2.41. The summed E-state index contributed by atoms with van der Waals surface area (Å²) < 4.78 is 19.0. The standard InChI is InChI=1S/C20H22FN3O2/c1-15-14-24(10-11-26-15)19-8-6-16(12-22-19)13-23-20(25)9-7-17-4-2-3-5-18(17)21/h2-9,12,15H,10-11,13-14H2,1H3,(H,23,25). The molecule has 0 saturated carbocycles. The highest BCUT2D eigenvalue weighted by Gasteiger charge is 2.17. The molecule has 1 aromatic heterocycles. The fourth-order valence-electron chi connectivity index (χ4n) is 2.76. The summed E-state index contributed by atoms with van der Waals surface area (Å²) >= 11 is 0. The van der Waals surface area contributed by atoms with Crippen molar-refractivity contribution in [3.63, 3.8) is 0 Å². The number of pyridine rings is 1. The van der Waals surface area contributed by atoms with Gasteiger partial charge in [-0.3, -0.25) is 4.79 Å². The lowest BCUT2D eigenvalue weighted by atomic mass is 10.2. The van der Waals surface area contributed by atoms with E-state index in [1.54, 1.807) is 24.4 Å². The SMILES string of the molecule is CC1CN(c2ccc(CNC(=O)C=Cc3ccccc3F)cn2)CCO1. The van der Waals surface area contributed by atoms with Crippen molar-refractivity contribution < 1.29 is 13.9 Å². The molecule has 2 aromatic rings. The van der Waals surface area contributed by atoms with Crippen molar-refractivity contribution in [2.24, 2.45) is 0 Å². The van der Waals surface area contributed by atoms with Gasteiger partial charge in [-0.15, -0.1) is 0 Å². The smallest absolute Gasteiger partial charge is 0.244 e. The minimum atomic E-state index is -0.353. The minimum absolute atomic E-state index is 0.200. The Kier molecular flexibility index (Phi) is 5.96. The maximum absolute atomic E-state index is 13.5. The van der Waals surface area contributed by atoms with Crippen molar-refractivity contribution >= 4 is 17.8 Å². The number of hydrogen-bond acceptors (Lipinski definition) is 4. The molecule has 3 rings (SSSR count). The van der Waals surface area contributed by atoms with Crippen molar-refractivity contribution in [3.05, 3.63) is 65.6 Å². The van der Waals surface area contributed by atoms with E-state index in [1.165, 1.54) is 18.2 Å². The van der Waals surface area contributed by atoms with Crippen LogP contribution in [0.1, 0.15) is 18.1 Å². The number of rotatable bonds is 5. The van der Waals surface area contributed by atoms with E-state index in [9.17, 15) is 9.18 Å². The van der Waals surface area contributed by atoms with Gasteiger partial charge in [0.15, 0.2) is 0 Å². The molecule has 5 nitrogen and oxygen atoms in total. The van der Waals surface area contributed by atoms with Crippen LogP contribution in [0.25, 0.3) is 6.08 Å². The van der Waals surface area contributed by atoms with Crippen LogP contribution < -0.4 is 10.2 Å². The lowest BCUT2D eigenvalue weighted by Gasteiger charge is -2.32. The number of anilines is 1. The normalized spacial score (nSPS) is 17.5. The Hall–Kier alpha value is -2.73. The predicted molar refractivity (Wildman–Crippen MR) is 99.1 cm³/mol. The maximum atomic E-state index is 13.5. The first-order valence-corrected chi connectivity index (χ1v) is 8.64. The van der Waals surface area contributed by atoms with E-state index in [0.29, 0.717) is 18.7 Å². The summed E-state index contributed by atoms with van der Waals surface area (Å²) in [6.45, 7) is 4.77. The fraction of sp³-hybridized carbons (Fsp3) is 0.300. The van der Waals surface area contributed by atoms with Crippen LogP contribution in [0.5, 0.6) is 0 Å². The third-order valence-electron chi connectivity index (χ3n) is 4.16. The molecular weight excluding hydrogens is 333 g/mol. The van der Waals surface area contributed by atoms with E-state index < -0.39 is 0 Å². The van der Waals surface area contributed by atoms with Crippen LogP contribution in [0.4, 0.5) is 10.2 Å². The van der Waals surface area contributed by atoms with E-state index in [0.717, 1.165) is 24.5 Å². The molecule has 1 unspecified atom stereocenters. The average Bonchev–Trinajstić information content (AvgIpc) is 2.66. The summed E-state index contributed by atoms with van der Waals surface area (Å²) in [7, 11) is 0. The van der Waals surface area contributed by atoms with Crippen LogP contribution in [0, 0.1) is 5.82 Å². The molecule has 1 amide bonds. The largest absolute Gasteiger partial charge is 0.375 e. The average molecular weight is 355 g/mol. The molecule has 6 heteroatoms. The number of ether oxygens (including phenoxy) is 1. The number of carbonyl (C=O) groups excluding carboxylic acids is 1. The first kappa shape index (κ1) is 18.1. The van der Waals surface area contributed by atoms with Crippen LogP contribution in [0.2, 0.25) is 0 Å². The Morgan fingerprint density at radius 1 is 1.38 bits per heavy atom. The number of amides is 1. The number of hydrogen-bond donors (Lipinski definition) is 1. The Balaban J connectivity index is 1.51. The van der Waals surface area contributed by atoms with Crippen LogP contribution >= 0.6 is 0 Å². The molecule has 1 atom stereocenters. The first-order valence-electron chi connectivity index (χ1n) is 8.64. The van der Waals surface area contributed by atoms with Crippen molar-refractivity contribution in [1.29, 1.82) is 0 Å². The molecule has 1 aromatic carbocycles. The van der Waals surface area contributed by atoms with E-state index in [1.807, 2.05) is 19.1 Å². The van der Waals surface area contributed by atoms with Gasteiger partial charge in [0.2, 0.25) is 5.91 Å². The highest BCUT2D eigenvalue weighted by molar-refractivity contribution is 5.91. The summed E-state index contributed by atoms with van der Waals surface area (Å²) in [5.41, 5.74) is 1.29. The second kappa shape index (κ2) is 8.58. The number of morpholine rings is 1. The van der Waals surface area contributed by atoms with Gasteiger partial charge in [-0.05, 0) is 30.7 Å². The summed E-state index contributed by atoms with van der Waals surface area (Å²) in [4.78, 5) is 18.5. The molecule has 136 valence electrons. The van der Waals surface area contributed by atoms with Gasteiger partial charge >= 0.3 is 0 Å². The molecule has 0 bridgehead atoms.